The Morgan fingerprint density at radius 1 is 1.00 bits per heavy atom. The Balaban J connectivity index is 3.61. The van der Waals surface area contributed by atoms with E-state index < -0.39 is 0 Å². The zero-order valence-electron chi connectivity index (χ0n) is 9.67. The quantitative estimate of drug-likeness (QED) is 0.308. The van der Waals surface area contributed by atoms with E-state index in [2.05, 4.69) is 19.9 Å². The first-order chi connectivity index (χ1) is 6.85. The number of rotatable bonds is 9. The molecule has 0 aliphatic heterocycles. The summed E-state index contributed by atoms with van der Waals surface area (Å²) in [6.45, 7) is 4.43. The van der Waals surface area contributed by atoms with Crippen LogP contribution in [0.2, 0.25) is 0 Å². The lowest BCUT2D eigenvalue weighted by Gasteiger charge is -2.10. The van der Waals surface area contributed by atoms with Crippen LogP contribution in [0.15, 0.2) is 12.2 Å². The van der Waals surface area contributed by atoms with Crippen LogP contribution in [0.5, 0.6) is 0 Å². The maximum atomic E-state index is 10.2. The summed E-state index contributed by atoms with van der Waals surface area (Å²) in [7, 11) is 0. The number of hydrogen-bond acceptors (Lipinski definition) is 1. The SMILES string of the molecule is CCCCCCC(C=CC=O)CCC. The van der Waals surface area contributed by atoms with Gasteiger partial charge < -0.3 is 0 Å². The Kier molecular flexibility index (Phi) is 10.0. The van der Waals surface area contributed by atoms with Crippen molar-refractivity contribution < 1.29 is 4.79 Å². The maximum Gasteiger partial charge on any atom is 0.142 e. The van der Waals surface area contributed by atoms with Crippen LogP contribution in [0.4, 0.5) is 0 Å². The van der Waals surface area contributed by atoms with E-state index in [1.807, 2.05) is 0 Å². The highest BCUT2D eigenvalue weighted by atomic mass is 16.1. The Hall–Kier alpha value is -0.590. The average molecular weight is 196 g/mol. The van der Waals surface area contributed by atoms with Gasteiger partial charge in [-0.25, -0.2) is 0 Å². The van der Waals surface area contributed by atoms with E-state index >= 15 is 0 Å². The lowest BCUT2D eigenvalue weighted by Crippen LogP contribution is -1.96. The number of aldehydes is 1. The molecule has 0 bridgehead atoms. The minimum Gasteiger partial charge on any atom is -0.299 e. The van der Waals surface area contributed by atoms with Crippen molar-refractivity contribution in [1.29, 1.82) is 0 Å². The van der Waals surface area contributed by atoms with Gasteiger partial charge in [0.25, 0.3) is 0 Å². The van der Waals surface area contributed by atoms with Crippen molar-refractivity contribution in [3.8, 4) is 0 Å². The molecule has 0 saturated heterocycles. The van der Waals surface area contributed by atoms with E-state index in [1.54, 1.807) is 6.08 Å². The standard InChI is InChI=1S/C13H24O/c1-3-5-6-7-10-13(9-4-2)11-8-12-14/h8,11-13H,3-7,9-10H2,1-2H3. The highest BCUT2D eigenvalue weighted by Gasteiger charge is 2.02. The van der Waals surface area contributed by atoms with Crippen molar-refractivity contribution in [2.45, 2.75) is 58.8 Å². The molecule has 82 valence electrons. The Bertz CT molecular complexity index is 149. The third-order valence-electron chi connectivity index (χ3n) is 2.55. The second kappa shape index (κ2) is 10.5. The van der Waals surface area contributed by atoms with Crippen molar-refractivity contribution in [1.82, 2.24) is 0 Å². The summed E-state index contributed by atoms with van der Waals surface area (Å²) < 4.78 is 0. The topological polar surface area (TPSA) is 17.1 Å². The minimum absolute atomic E-state index is 0.627. The van der Waals surface area contributed by atoms with Crippen LogP contribution >= 0.6 is 0 Å². The molecule has 1 atom stereocenters. The van der Waals surface area contributed by atoms with E-state index in [0.717, 1.165) is 6.29 Å². The predicted molar refractivity (Wildman–Crippen MR) is 62.4 cm³/mol. The van der Waals surface area contributed by atoms with Crippen LogP contribution < -0.4 is 0 Å². The van der Waals surface area contributed by atoms with Crippen molar-refractivity contribution in [2.75, 3.05) is 0 Å². The molecule has 0 N–H and O–H groups in total. The fourth-order valence-electron chi connectivity index (χ4n) is 1.74. The summed E-state index contributed by atoms with van der Waals surface area (Å²) in [6.07, 6.45) is 13.6. The van der Waals surface area contributed by atoms with Gasteiger partial charge in [-0.1, -0.05) is 52.0 Å². The number of carbonyl (C=O) groups is 1. The number of carbonyl (C=O) groups excluding carboxylic acids is 1. The number of allylic oxidation sites excluding steroid dienone is 2. The molecule has 1 nitrogen and oxygen atoms in total. The van der Waals surface area contributed by atoms with Gasteiger partial charge in [-0.05, 0) is 24.8 Å². The van der Waals surface area contributed by atoms with E-state index in [-0.39, 0.29) is 0 Å². The second-order valence-corrected chi connectivity index (χ2v) is 3.92. The summed E-state index contributed by atoms with van der Waals surface area (Å²) in [5.41, 5.74) is 0. The van der Waals surface area contributed by atoms with Crippen LogP contribution in [0.3, 0.4) is 0 Å². The number of unbranched alkanes of at least 4 members (excludes halogenated alkanes) is 3. The summed E-state index contributed by atoms with van der Waals surface area (Å²) in [4.78, 5) is 10.2. The molecule has 0 aromatic rings. The Morgan fingerprint density at radius 2 is 1.79 bits per heavy atom. The van der Waals surface area contributed by atoms with Crippen molar-refractivity contribution in [3.05, 3.63) is 12.2 Å². The zero-order chi connectivity index (χ0) is 10.6. The first kappa shape index (κ1) is 13.4. The van der Waals surface area contributed by atoms with Gasteiger partial charge in [-0.15, -0.1) is 0 Å². The van der Waals surface area contributed by atoms with Gasteiger partial charge in [-0.3, -0.25) is 4.79 Å². The van der Waals surface area contributed by atoms with Crippen LogP contribution in [0.1, 0.15) is 58.8 Å². The summed E-state index contributed by atoms with van der Waals surface area (Å²) in [6, 6.07) is 0. The predicted octanol–water partition coefficient (Wildman–Crippen LogP) is 4.13. The monoisotopic (exact) mass is 196 g/mol. The highest BCUT2D eigenvalue weighted by Crippen LogP contribution is 2.17. The molecule has 0 rings (SSSR count). The third-order valence-corrected chi connectivity index (χ3v) is 2.55. The van der Waals surface area contributed by atoms with Gasteiger partial charge in [0.1, 0.15) is 6.29 Å². The molecule has 0 amide bonds. The molecular formula is C13H24O. The van der Waals surface area contributed by atoms with Crippen molar-refractivity contribution >= 4 is 6.29 Å². The maximum absolute atomic E-state index is 10.2. The minimum atomic E-state index is 0.627. The summed E-state index contributed by atoms with van der Waals surface area (Å²) >= 11 is 0. The molecule has 0 heterocycles. The Labute approximate surface area is 88.6 Å². The largest absolute Gasteiger partial charge is 0.299 e. The van der Waals surface area contributed by atoms with Crippen LogP contribution in [0, 0.1) is 5.92 Å². The summed E-state index contributed by atoms with van der Waals surface area (Å²) in [5, 5.41) is 0. The first-order valence-electron chi connectivity index (χ1n) is 5.97. The van der Waals surface area contributed by atoms with Crippen LogP contribution in [-0.2, 0) is 4.79 Å². The normalized spacial score (nSPS) is 13.3. The Morgan fingerprint density at radius 3 is 2.36 bits per heavy atom. The van der Waals surface area contributed by atoms with E-state index in [4.69, 9.17) is 0 Å². The van der Waals surface area contributed by atoms with Gasteiger partial charge >= 0.3 is 0 Å². The third kappa shape index (κ3) is 8.03. The lowest BCUT2D eigenvalue weighted by atomic mass is 9.96. The molecule has 0 saturated carbocycles. The molecular weight excluding hydrogens is 172 g/mol. The lowest BCUT2D eigenvalue weighted by molar-refractivity contribution is -0.104. The number of hydrogen-bond donors (Lipinski definition) is 0. The van der Waals surface area contributed by atoms with Crippen LogP contribution in [0.25, 0.3) is 0 Å². The smallest absolute Gasteiger partial charge is 0.142 e. The van der Waals surface area contributed by atoms with Gasteiger partial charge in [0.05, 0.1) is 0 Å². The second-order valence-electron chi connectivity index (χ2n) is 3.92. The molecule has 1 heteroatoms. The highest BCUT2D eigenvalue weighted by molar-refractivity contribution is 5.64. The zero-order valence-corrected chi connectivity index (χ0v) is 9.67. The van der Waals surface area contributed by atoms with Crippen LogP contribution in [-0.4, -0.2) is 6.29 Å². The summed E-state index contributed by atoms with van der Waals surface area (Å²) in [5.74, 6) is 0.627. The molecule has 0 spiro atoms. The molecule has 0 aliphatic carbocycles. The fraction of sp³-hybridized carbons (Fsp3) is 0.769. The molecule has 0 aromatic heterocycles. The van der Waals surface area contributed by atoms with E-state index in [1.165, 1.54) is 44.9 Å². The molecule has 0 aliphatic rings. The molecule has 14 heavy (non-hydrogen) atoms. The van der Waals surface area contributed by atoms with E-state index in [9.17, 15) is 4.79 Å². The van der Waals surface area contributed by atoms with E-state index in [0.29, 0.717) is 5.92 Å². The van der Waals surface area contributed by atoms with Gasteiger partial charge in [0, 0.05) is 0 Å². The average Bonchev–Trinajstić information content (AvgIpc) is 2.20. The molecule has 0 fully saturated rings. The van der Waals surface area contributed by atoms with Gasteiger partial charge in [-0.2, -0.15) is 0 Å². The van der Waals surface area contributed by atoms with Gasteiger partial charge in [0.15, 0.2) is 0 Å². The van der Waals surface area contributed by atoms with Crippen molar-refractivity contribution in [2.24, 2.45) is 5.92 Å². The van der Waals surface area contributed by atoms with Gasteiger partial charge in [0.2, 0.25) is 0 Å². The van der Waals surface area contributed by atoms with Crippen molar-refractivity contribution in [3.63, 3.8) is 0 Å². The molecule has 0 radical (unpaired) electrons. The molecule has 1 unspecified atom stereocenters. The molecule has 0 aromatic carbocycles. The fourth-order valence-corrected chi connectivity index (χ4v) is 1.74. The first-order valence-corrected chi connectivity index (χ1v) is 5.97.